The lowest BCUT2D eigenvalue weighted by Crippen LogP contribution is -2.25. The molecule has 0 atom stereocenters. The molecule has 0 amide bonds. The summed E-state index contributed by atoms with van der Waals surface area (Å²) in [7, 11) is 0. The molecule has 0 spiro atoms. The highest BCUT2D eigenvalue weighted by Gasteiger charge is 2.23. The van der Waals surface area contributed by atoms with Crippen LogP contribution in [0.2, 0.25) is 0 Å². The third kappa shape index (κ3) is 4.39. The number of aryl methyl sites for hydroxylation is 1. The van der Waals surface area contributed by atoms with Gasteiger partial charge in [-0.05, 0) is 46.8 Å². The Kier molecular flexibility index (Phi) is 4.70. The van der Waals surface area contributed by atoms with Gasteiger partial charge in [-0.25, -0.2) is 9.59 Å². The number of ether oxygens (including phenoxy) is 2. The normalized spacial score (nSPS) is 11.0. The Balaban J connectivity index is 3.13. The van der Waals surface area contributed by atoms with Gasteiger partial charge >= 0.3 is 11.9 Å². The maximum absolute atomic E-state index is 12.1. The molecule has 0 saturated carbocycles. The Morgan fingerprint density at radius 1 is 1.11 bits per heavy atom. The van der Waals surface area contributed by atoms with E-state index in [1.54, 1.807) is 45.9 Å². The third-order valence-electron chi connectivity index (χ3n) is 2.29. The van der Waals surface area contributed by atoms with Gasteiger partial charge in [0.1, 0.15) is 5.60 Å². The Morgan fingerprint density at radius 2 is 1.74 bits per heavy atom. The number of rotatable bonds is 3. The summed E-state index contributed by atoms with van der Waals surface area (Å²) < 4.78 is 10.2. The first-order chi connectivity index (χ1) is 8.74. The second-order valence-corrected chi connectivity index (χ2v) is 5.27. The predicted molar refractivity (Wildman–Crippen MR) is 72.3 cm³/mol. The van der Waals surface area contributed by atoms with Gasteiger partial charge in [0.2, 0.25) is 0 Å². The first kappa shape index (κ1) is 15.2. The van der Waals surface area contributed by atoms with Crippen molar-refractivity contribution in [2.75, 3.05) is 6.61 Å². The van der Waals surface area contributed by atoms with Crippen LogP contribution in [-0.2, 0) is 9.47 Å². The van der Waals surface area contributed by atoms with Crippen molar-refractivity contribution in [2.45, 2.75) is 40.2 Å². The number of hydrogen-bond donors (Lipinski definition) is 0. The highest BCUT2D eigenvalue weighted by atomic mass is 16.6. The van der Waals surface area contributed by atoms with Crippen molar-refractivity contribution in [3.63, 3.8) is 0 Å². The van der Waals surface area contributed by atoms with E-state index in [2.05, 4.69) is 0 Å². The van der Waals surface area contributed by atoms with Crippen molar-refractivity contribution in [3.8, 4) is 0 Å². The fourth-order valence-electron chi connectivity index (χ4n) is 1.55. The molecule has 0 radical (unpaired) electrons. The molecular weight excluding hydrogens is 244 g/mol. The van der Waals surface area contributed by atoms with Crippen LogP contribution in [0.1, 0.15) is 54.0 Å². The largest absolute Gasteiger partial charge is 0.462 e. The maximum Gasteiger partial charge on any atom is 0.339 e. The predicted octanol–water partition coefficient (Wildman–Crippen LogP) is 3.13. The molecule has 1 aromatic carbocycles. The molecule has 0 saturated heterocycles. The Bertz CT molecular complexity index is 483. The fraction of sp³-hybridized carbons (Fsp3) is 0.467. The van der Waals surface area contributed by atoms with E-state index < -0.39 is 17.5 Å². The van der Waals surface area contributed by atoms with Gasteiger partial charge < -0.3 is 9.47 Å². The van der Waals surface area contributed by atoms with E-state index >= 15 is 0 Å². The summed E-state index contributed by atoms with van der Waals surface area (Å²) in [6, 6.07) is 4.99. The van der Waals surface area contributed by atoms with Crippen LogP contribution in [0.15, 0.2) is 18.2 Å². The van der Waals surface area contributed by atoms with Crippen LogP contribution in [0.5, 0.6) is 0 Å². The SMILES string of the molecule is CCOC(=O)c1cc(C)ccc1C(=O)OC(C)(C)C. The molecule has 4 nitrogen and oxygen atoms in total. The highest BCUT2D eigenvalue weighted by molar-refractivity contribution is 6.03. The topological polar surface area (TPSA) is 52.6 Å². The lowest BCUT2D eigenvalue weighted by Gasteiger charge is -2.20. The number of hydrogen-bond acceptors (Lipinski definition) is 4. The zero-order valence-corrected chi connectivity index (χ0v) is 12.1. The van der Waals surface area contributed by atoms with Gasteiger partial charge in [0, 0.05) is 0 Å². The standard InChI is InChI=1S/C15H20O4/c1-6-18-13(16)12-9-10(2)7-8-11(12)14(17)19-15(3,4)5/h7-9H,6H2,1-5H3. The second-order valence-electron chi connectivity index (χ2n) is 5.27. The molecule has 0 aliphatic carbocycles. The van der Waals surface area contributed by atoms with Gasteiger partial charge in [-0.3, -0.25) is 0 Å². The molecule has 1 aromatic rings. The quantitative estimate of drug-likeness (QED) is 0.787. The van der Waals surface area contributed by atoms with Crippen LogP contribution >= 0.6 is 0 Å². The van der Waals surface area contributed by atoms with E-state index in [4.69, 9.17) is 9.47 Å². The van der Waals surface area contributed by atoms with Crippen LogP contribution in [0.25, 0.3) is 0 Å². The number of esters is 2. The third-order valence-corrected chi connectivity index (χ3v) is 2.29. The Labute approximate surface area is 113 Å². The summed E-state index contributed by atoms with van der Waals surface area (Å²) >= 11 is 0. The van der Waals surface area contributed by atoms with Gasteiger partial charge in [-0.15, -0.1) is 0 Å². The molecule has 1 rings (SSSR count). The van der Waals surface area contributed by atoms with Crippen LogP contribution in [-0.4, -0.2) is 24.1 Å². The summed E-state index contributed by atoms with van der Waals surface area (Å²) in [5.74, 6) is -1.03. The average molecular weight is 264 g/mol. The van der Waals surface area contributed by atoms with Crippen LogP contribution in [0.3, 0.4) is 0 Å². The van der Waals surface area contributed by atoms with E-state index in [9.17, 15) is 9.59 Å². The molecule has 0 N–H and O–H groups in total. The summed E-state index contributed by atoms with van der Waals surface area (Å²) in [5, 5.41) is 0. The average Bonchev–Trinajstić information content (AvgIpc) is 2.26. The molecule has 104 valence electrons. The minimum atomic E-state index is -0.603. The summed E-state index contributed by atoms with van der Waals surface area (Å²) in [6.45, 7) is 9.18. The molecule has 0 bridgehead atoms. The highest BCUT2D eigenvalue weighted by Crippen LogP contribution is 2.18. The lowest BCUT2D eigenvalue weighted by molar-refractivity contribution is 0.00644. The zero-order valence-electron chi connectivity index (χ0n) is 12.1. The van der Waals surface area contributed by atoms with Crippen molar-refractivity contribution in [1.82, 2.24) is 0 Å². The van der Waals surface area contributed by atoms with Gasteiger partial charge in [-0.1, -0.05) is 11.6 Å². The molecular formula is C15H20O4. The molecule has 0 heterocycles. The van der Waals surface area contributed by atoms with Gasteiger partial charge in [0.25, 0.3) is 0 Å². The van der Waals surface area contributed by atoms with E-state index in [1.165, 1.54) is 0 Å². The Hall–Kier alpha value is -1.84. The van der Waals surface area contributed by atoms with E-state index in [0.717, 1.165) is 5.56 Å². The van der Waals surface area contributed by atoms with Gasteiger partial charge in [0.05, 0.1) is 17.7 Å². The molecule has 4 heteroatoms. The minimum Gasteiger partial charge on any atom is -0.462 e. The molecule has 0 fully saturated rings. The number of carbonyl (C=O) groups is 2. The van der Waals surface area contributed by atoms with Crippen molar-refractivity contribution < 1.29 is 19.1 Å². The van der Waals surface area contributed by atoms with Crippen LogP contribution in [0, 0.1) is 6.92 Å². The lowest BCUT2D eigenvalue weighted by atomic mass is 10.0. The molecule has 0 aliphatic heterocycles. The van der Waals surface area contributed by atoms with Crippen LogP contribution < -0.4 is 0 Å². The molecule has 19 heavy (non-hydrogen) atoms. The van der Waals surface area contributed by atoms with Crippen molar-refractivity contribution in [2.24, 2.45) is 0 Å². The molecule has 0 unspecified atom stereocenters. The van der Waals surface area contributed by atoms with E-state index in [1.807, 2.05) is 6.92 Å². The minimum absolute atomic E-state index is 0.235. The van der Waals surface area contributed by atoms with Gasteiger partial charge in [0.15, 0.2) is 0 Å². The maximum atomic E-state index is 12.1. The van der Waals surface area contributed by atoms with E-state index in [-0.39, 0.29) is 17.7 Å². The molecule has 0 aliphatic rings. The van der Waals surface area contributed by atoms with Gasteiger partial charge in [-0.2, -0.15) is 0 Å². The first-order valence-electron chi connectivity index (χ1n) is 6.25. The van der Waals surface area contributed by atoms with Crippen LogP contribution in [0.4, 0.5) is 0 Å². The monoisotopic (exact) mass is 264 g/mol. The molecule has 0 aromatic heterocycles. The summed E-state index contributed by atoms with van der Waals surface area (Å²) in [5.41, 5.74) is 0.763. The fourth-order valence-corrected chi connectivity index (χ4v) is 1.55. The van der Waals surface area contributed by atoms with Crippen molar-refractivity contribution in [1.29, 1.82) is 0 Å². The number of benzene rings is 1. The van der Waals surface area contributed by atoms with E-state index in [0.29, 0.717) is 0 Å². The smallest absolute Gasteiger partial charge is 0.339 e. The second kappa shape index (κ2) is 5.87. The number of carbonyl (C=O) groups excluding carboxylic acids is 2. The van der Waals surface area contributed by atoms with Crippen molar-refractivity contribution in [3.05, 3.63) is 34.9 Å². The first-order valence-corrected chi connectivity index (χ1v) is 6.25. The zero-order chi connectivity index (χ0) is 14.6. The van der Waals surface area contributed by atoms with Crippen molar-refractivity contribution >= 4 is 11.9 Å². The Morgan fingerprint density at radius 3 is 2.26 bits per heavy atom. The summed E-state index contributed by atoms with van der Waals surface area (Å²) in [6.07, 6.45) is 0. The summed E-state index contributed by atoms with van der Waals surface area (Å²) in [4.78, 5) is 23.9.